The molecular formula is C15H24N4O2. The molecule has 1 aromatic heterocycles. The molecule has 1 saturated carbocycles. The third-order valence-electron chi connectivity index (χ3n) is 5.40. The van der Waals surface area contributed by atoms with E-state index in [1.807, 2.05) is 20.8 Å². The minimum absolute atomic E-state index is 0.0782. The number of anilines is 1. The van der Waals surface area contributed by atoms with Gasteiger partial charge in [-0.3, -0.25) is 9.89 Å². The van der Waals surface area contributed by atoms with Crippen LogP contribution in [0.3, 0.4) is 0 Å². The molecule has 0 spiro atoms. The van der Waals surface area contributed by atoms with Crippen molar-refractivity contribution in [1.29, 1.82) is 0 Å². The number of carbonyl (C=O) groups is 1. The van der Waals surface area contributed by atoms with E-state index in [1.54, 1.807) is 6.20 Å². The number of nitrogens with zero attached hydrogens (tertiary/aromatic N) is 1. The molecule has 1 amide bonds. The highest BCUT2D eigenvalue weighted by molar-refractivity contribution is 6.00. The normalized spacial score (nSPS) is 33.9. The summed E-state index contributed by atoms with van der Waals surface area (Å²) < 4.78 is 5.84. The van der Waals surface area contributed by atoms with Gasteiger partial charge in [-0.15, -0.1) is 0 Å². The maximum absolute atomic E-state index is 12.8. The van der Waals surface area contributed by atoms with Gasteiger partial charge in [0.05, 0.1) is 12.3 Å². The smallest absolute Gasteiger partial charge is 0.246 e. The molecule has 0 radical (unpaired) electrons. The second-order valence-electron chi connectivity index (χ2n) is 6.71. The number of rotatable bonds is 3. The first kappa shape index (κ1) is 14.5. The first-order chi connectivity index (χ1) is 9.92. The Hall–Kier alpha value is -1.40. The van der Waals surface area contributed by atoms with Crippen molar-refractivity contribution >= 4 is 11.7 Å². The highest BCUT2D eigenvalue weighted by Gasteiger charge is 2.70. The van der Waals surface area contributed by atoms with Crippen LogP contribution >= 0.6 is 0 Å². The van der Waals surface area contributed by atoms with Gasteiger partial charge in [0, 0.05) is 23.5 Å². The largest absolute Gasteiger partial charge is 0.377 e. The van der Waals surface area contributed by atoms with Crippen molar-refractivity contribution < 1.29 is 9.53 Å². The number of aromatic nitrogens is 2. The summed E-state index contributed by atoms with van der Waals surface area (Å²) in [7, 11) is 0. The molecule has 1 saturated heterocycles. The van der Waals surface area contributed by atoms with Gasteiger partial charge in [-0.05, 0) is 19.3 Å². The van der Waals surface area contributed by atoms with Gasteiger partial charge < -0.3 is 15.8 Å². The van der Waals surface area contributed by atoms with E-state index in [0.29, 0.717) is 5.82 Å². The maximum Gasteiger partial charge on any atom is 0.246 e. The summed E-state index contributed by atoms with van der Waals surface area (Å²) in [6.45, 7) is 6.83. The monoisotopic (exact) mass is 292 g/mol. The summed E-state index contributed by atoms with van der Waals surface area (Å²) in [5.74, 6) is 0.607. The molecule has 2 aliphatic rings. The molecule has 3 rings (SSSR count). The molecule has 1 aliphatic carbocycles. The number of aromatic amines is 1. The lowest BCUT2D eigenvalue weighted by Crippen LogP contribution is -2.81. The van der Waals surface area contributed by atoms with Crippen LogP contribution in [0, 0.1) is 11.3 Å². The van der Waals surface area contributed by atoms with Crippen LogP contribution in [-0.4, -0.2) is 34.4 Å². The molecule has 6 heteroatoms. The molecule has 1 aromatic rings. The van der Waals surface area contributed by atoms with Crippen LogP contribution in [0.15, 0.2) is 6.20 Å². The predicted octanol–water partition coefficient (Wildman–Crippen LogP) is 1.44. The van der Waals surface area contributed by atoms with Gasteiger partial charge in [-0.1, -0.05) is 20.8 Å². The number of fused-ring (bicyclic) bond motifs is 1. The molecule has 0 aromatic carbocycles. The number of hydrogen-bond acceptors (Lipinski definition) is 4. The highest BCUT2D eigenvalue weighted by Crippen LogP contribution is 2.57. The van der Waals surface area contributed by atoms with E-state index in [4.69, 9.17) is 10.5 Å². The standard InChI is InChI=1S/C15H24N4O2/c1-4-9-8-17-19-12(9)18-13(20)15(16)10-6-5-7-21-11(10)14(15,2)3/h8,10-11H,4-7,16H2,1-3H3,(H2,17,18,19,20). The number of carbonyl (C=O) groups excluding carboxylic acids is 1. The lowest BCUT2D eigenvalue weighted by Gasteiger charge is -2.65. The Morgan fingerprint density at radius 2 is 2.38 bits per heavy atom. The van der Waals surface area contributed by atoms with Crippen LogP contribution in [0.4, 0.5) is 5.82 Å². The van der Waals surface area contributed by atoms with Gasteiger partial charge in [0.2, 0.25) is 5.91 Å². The second-order valence-corrected chi connectivity index (χ2v) is 6.71. The summed E-state index contributed by atoms with van der Waals surface area (Å²) >= 11 is 0. The van der Waals surface area contributed by atoms with Crippen molar-refractivity contribution in [3.05, 3.63) is 11.8 Å². The van der Waals surface area contributed by atoms with Crippen molar-refractivity contribution in [3.63, 3.8) is 0 Å². The molecule has 4 N–H and O–H groups in total. The highest BCUT2D eigenvalue weighted by atomic mass is 16.5. The van der Waals surface area contributed by atoms with Crippen LogP contribution in [-0.2, 0) is 16.0 Å². The molecule has 116 valence electrons. The number of hydrogen-bond donors (Lipinski definition) is 3. The Kier molecular flexibility index (Phi) is 3.33. The summed E-state index contributed by atoms with van der Waals surface area (Å²) in [6.07, 6.45) is 4.53. The molecule has 21 heavy (non-hydrogen) atoms. The quantitative estimate of drug-likeness (QED) is 0.786. The van der Waals surface area contributed by atoms with Crippen molar-refractivity contribution in [3.8, 4) is 0 Å². The number of H-pyrrole nitrogens is 1. The average molecular weight is 292 g/mol. The molecule has 3 unspecified atom stereocenters. The molecule has 2 fully saturated rings. The van der Waals surface area contributed by atoms with E-state index in [0.717, 1.165) is 31.4 Å². The lowest BCUT2D eigenvalue weighted by molar-refractivity contribution is -0.222. The summed E-state index contributed by atoms with van der Waals surface area (Å²) in [4.78, 5) is 12.8. The molecule has 6 nitrogen and oxygen atoms in total. The zero-order valence-electron chi connectivity index (χ0n) is 12.9. The zero-order chi connectivity index (χ0) is 15.3. The fourth-order valence-corrected chi connectivity index (χ4v) is 3.94. The molecule has 3 atom stereocenters. The SMILES string of the molecule is CCc1cn[nH]c1NC(=O)C1(N)C2CCCOC2C1(C)C. The Labute approximate surface area is 124 Å². The van der Waals surface area contributed by atoms with E-state index < -0.39 is 5.54 Å². The van der Waals surface area contributed by atoms with Crippen LogP contribution in [0.5, 0.6) is 0 Å². The number of ether oxygens (including phenoxy) is 1. The van der Waals surface area contributed by atoms with Crippen molar-refractivity contribution in [2.75, 3.05) is 11.9 Å². The van der Waals surface area contributed by atoms with Gasteiger partial charge in [0.1, 0.15) is 11.4 Å². The van der Waals surface area contributed by atoms with E-state index in [1.165, 1.54) is 0 Å². The number of nitrogens with two attached hydrogens (primary N) is 1. The average Bonchev–Trinajstić information content (AvgIpc) is 2.93. The number of nitrogens with one attached hydrogen (secondary N) is 2. The van der Waals surface area contributed by atoms with Gasteiger partial charge in [0.25, 0.3) is 0 Å². The lowest BCUT2D eigenvalue weighted by atomic mass is 9.46. The molecule has 1 aliphatic heterocycles. The Balaban J connectivity index is 1.83. The minimum atomic E-state index is -0.895. The fourth-order valence-electron chi connectivity index (χ4n) is 3.94. The Morgan fingerprint density at radius 3 is 3.10 bits per heavy atom. The molecular weight excluding hydrogens is 268 g/mol. The van der Waals surface area contributed by atoms with E-state index in [9.17, 15) is 4.79 Å². The first-order valence-electron chi connectivity index (χ1n) is 7.67. The first-order valence-corrected chi connectivity index (χ1v) is 7.67. The van der Waals surface area contributed by atoms with Gasteiger partial charge >= 0.3 is 0 Å². The van der Waals surface area contributed by atoms with Crippen molar-refractivity contribution in [2.45, 2.75) is 51.7 Å². The van der Waals surface area contributed by atoms with Gasteiger partial charge in [-0.25, -0.2) is 0 Å². The zero-order valence-corrected chi connectivity index (χ0v) is 12.9. The van der Waals surface area contributed by atoms with Crippen LogP contribution in [0.2, 0.25) is 0 Å². The number of amides is 1. The second kappa shape index (κ2) is 4.81. The third-order valence-corrected chi connectivity index (χ3v) is 5.40. The van der Waals surface area contributed by atoms with Crippen LogP contribution in [0.25, 0.3) is 0 Å². The van der Waals surface area contributed by atoms with Crippen LogP contribution in [0.1, 0.15) is 39.2 Å². The minimum Gasteiger partial charge on any atom is -0.377 e. The summed E-state index contributed by atoms with van der Waals surface area (Å²) in [6, 6.07) is 0. The fraction of sp³-hybridized carbons (Fsp3) is 0.733. The molecule has 2 heterocycles. The van der Waals surface area contributed by atoms with E-state index in [2.05, 4.69) is 15.5 Å². The maximum atomic E-state index is 12.8. The number of aryl methyl sites for hydroxylation is 1. The predicted molar refractivity (Wildman–Crippen MR) is 79.8 cm³/mol. The molecule has 0 bridgehead atoms. The van der Waals surface area contributed by atoms with Crippen molar-refractivity contribution in [1.82, 2.24) is 10.2 Å². The van der Waals surface area contributed by atoms with Crippen LogP contribution < -0.4 is 11.1 Å². The summed E-state index contributed by atoms with van der Waals surface area (Å²) in [5.41, 5.74) is 6.29. The Morgan fingerprint density at radius 1 is 1.62 bits per heavy atom. The van der Waals surface area contributed by atoms with Crippen molar-refractivity contribution in [2.24, 2.45) is 17.1 Å². The van der Waals surface area contributed by atoms with E-state index >= 15 is 0 Å². The topological polar surface area (TPSA) is 93.0 Å². The summed E-state index contributed by atoms with van der Waals surface area (Å²) in [5, 5.41) is 9.76. The third kappa shape index (κ3) is 1.85. The van der Waals surface area contributed by atoms with Gasteiger partial charge in [0.15, 0.2) is 0 Å². The Bertz CT molecular complexity index is 554. The van der Waals surface area contributed by atoms with E-state index in [-0.39, 0.29) is 23.3 Å². The van der Waals surface area contributed by atoms with Gasteiger partial charge in [-0.2, -0.15) is 5.10 Å².